The van der Waals surface area contributed by atoms with Crippen LogP contribution < -0.4 is 10.1 Å². The number of aryl methyl sites for hydroxylation is 1. The topological polar surface area (TPSA) is 21.3 Å². The Morgan fingerprint density at radius 1 is 1.14 bits per heavy atom. The van der Waals surface area contributed by atoms with Crippen molar-refractivity contribution in [1.29, 1.82) is 0 Å². The van der Waals surface area contributed by atoms with Gasteiger partial charge in [0.05, 0.1) is 12.1 Å². The zero-order chi connectivity index (χ0) is 15.1. The fraction of sp³-hybridized carbons (Fsp3) is 0.333. The number of methoxy groups -OCH3 is 1. The normalized spacial score (nSPS) is 12.1. The highest BCUT2D eigenvalue weighted by atomic mass is 35.5. The van der Waals surface area contributed by atoms with Crippen molar-refractivity contribution in [2.24, 2.45) is 0 Å². The van der Waals surface area contributed by atoms with Crippen molar-refractivity contribution in [1.82, 2.24) is 5.32 Å². The van der Waals surface area contributed by atoms with E-state index in [2.05, 4.69) is 48.6 Å². The van der Waals surface area contributed by atoms with E-state index in [0.717, 1.165) is 25.1 Å². The minimum atomic E-state index is 0.282. The summed E-state index contributed by atoms with van der Waals surface area (Å²) in [5.41, 5.74) is 2.57. The third kappa shape index (κ3) is 4.76. The molecule has 1 atom stereocenters. The molecule has 2 nitrogen and oxygen atoms in total. The van der Waals surface area contributed by atoms with Gasteiger partial charge >= 0.3 is 0 Å². The first-order valence-corrected chi connectivity index (χ1v) is 7.69. The van der Waals surface area contributed by atoms with E-state index < -0.39 is 0 Å². The summed E-state index contributed by atoms with van der Waals surface area (Å²) >= 11 is 6.16. The van der Waals surface area contributed by atoms with E-state index in [9.17, 15) is 0 Å². The molecule has 0 aromatic heterocycles. The van der Waals surface area contributed by atoms with E-state index in [0.29, 0.717) is 5.02 Å². The first-order valence-electron chi connectivity index (χ1n) is 7.31. The fourth-order valence-corrected chi connectivity index (χ4v) is 2.59. The molecule has 0 bridgehead atoms. The summed E-state index contributed by atoms with van der Waals surface area (Å²) in [6, 6.07) is 16.8. The van der Waals surface area contributed by atoms with Gasteiger partial charge in [-0.1, -0.05) is 48.0 Å². The number of rotatable bonds is 7. The lowest BCUT2D eigenvalue weighted by atomic mass is 10.1. The second kappa shape index (κ2) is 8.06. The van der Waals surface area contributed by atoms with Crippen molar-refractivity contribution in [3.63, 3.8) is 0 Å². The molecule has 0 heterocycles. The van der Waals surface area contributed by atoms with Gasteiger partial charge in [0.25, 0.3) is 0 Å². The Labute approximate surface area is 132 Å². The summed E-state index contributed by atoms with van der Waals surface area (Å²) in [6.45, 7) is 3.14. The molecule has 0 saturated carbocycles. The van der Waals surface area contributed by atoms with Crippen molar-refractivity contribution < 1.29 is 4.74 Å². The van der Waals surface area contributed by atoms with E-state index in [1.54, 1.807) is 7.11 Å². The molecular formula is C18H22ClNO. The van der Waals surface area contributed by atoms with Crippen LogP contribution in [0.5, 0.6) is 5.75 Å². The molecular weight excluding hydrogens is 282 g/mol. The Kier molecular flexibility index (Phi) is 6.09. The first-order chi connectivity index (χ1) is 10.2. The van der Waals surface area contributed by atoms with Crippen LogP contribution in [0.1, 0.15) is 30.5 Å². The SMILES string of the molecule is COc1ccc(C(C)NCCCc2ccccc2)cc1Cl. The van der Waals surface area contributed by atoms with Crippen LogP contribution in [0.2, 0.25) is 5.02 Å². The summed E-state index contributed by atoms with van der Waals surface area (Å²) in [5.74, 6) is 0.719. The molecule has 2 aromatic carbocycles. The van der Waals surface area contributed by atoms with Gasteiger partial charge in [0.15, 0.2) is 0 Å². The molecule has 21 heavy (non-hydrogen) atoms. The number of hydrogen-bond donors (Lipinski definition) is 1. The van der Waals surface area contributed by atoms with Crippen LogP contribution in [0.3, 0.4) is 0 Å². The number of hydrogen-bond acceptors (Lipinski definition) is 2. The van der Waals surface area contributed by atoms with Gasteiger partial charge < -0.3 is 10.1 Å². The van der Waals surface area contributed by atoms with Gasteiger partial charge in [0.1, 0.15) is 5.75 Å². The van der Waals surface area contributed by atoms with Crippen molar-refractivity contribution >= 4 is 11.6 Å². The standard InChI is InChI=1S/C18H22ClNO/c1-14(16-10-11-18(21-2)17(19)13-16)20-12-6-9-15-7-4-3-5-8-15/h3-5,7-8,10-11,13-14,20H,6,9,12H2,1-2H3. The van der Waals surface area contributed by atoms with Crippen LogP contribution in [-0.4, -0.2) is 13.7 Å². The maximum Gasteiger partial charge on any atom is 0.137 e. The molecule has 0 amide bonds. The van der Waals surface area contributed by atoms with Gasteiger partial charge in [-0.2, -0.15) is 0 Å². The molecule has 1 unspecified atom stereocenters. The minimum Gasteiger partial charge on any atom is -0.495 e. The lowest BCUT2D eigenvalue weighted by molar-refractivity contribution is 0.414. The van der Waals surface area contributed by atoms with Gasteiger partial charge in [-0.05, 0) is 49.6 Å². The lowest BCUT2D eigenvalue weighted by Crippen LogP contribution is -2.20. The Hall–Kier alpha value is -1.51. The quantitative estimate of drug-likeness (QED) is 0.753. The summed E-state index contributed by atoms with van der Waals surface area (Å²) in [6.07, 6.45) is 2.22. The monoisotopic (exact) mass is 303 g/mol. The molecule has 0 aliphatic rings. The molecule has 0 saturated heterocycles. The zero-order valence-corrected chi connectivity index (χ0v) is 13.4. The van der Waals surface area contributed by atoms with Gasteiger partial charge in [-0.15, -0.1) is 0 Å². The fourth-order valence-electron chi connectivity index (χ4n) is 2.33. The maximum atomic E-state index is 6.16. The first kappa shape index (κ1) is 15.9. The lowest BCUT2D eigenvalue weighted by Gasteiger charge is -2.15. The molecule has 0 fully saturated rings. The van der Waals surface area contributed by atoms with Crippen molar-refractivity contribution in [2.75, 3.05) is 13.7 Å². The van der Waals surface area contributed by atoms with E-state index in [1.165, 1.54) is 11.1 Å². The van der Waals surface area contributed by atoms with Crippen LogP contribution in [0.15, 0.2) is 48.5 Å². The number of ether oxygens (including phenoxy) is 1. The third-order valence-corrected chi connectivity index (χ3v) is 3.91. The molecule has 0 aliphatic carbocycles. The van der Waals surface area contributed by atoms with Gasteiger partial charge in [0, 0.05) is 6.04 Å². The Morgan fingerprint density at radius 2 is 1.90 bits per heavy atom. The molecule has 112 valence electrons. The Morgan fingerprint density at radius 3 is 2.57 bits per heavy atom. The molecule has 2 rings (SSSR count). The van der Waals surface area contributed by atoms with Gasteiger partial charge in [-0.3, -0.25) is 0 Å². The molecule has 0 spiro atoms. The summed E-state index contributed by atoms with van der Waals surface area (Å²) in [7, 11) is 1.63. The van der Waals surface area contributed by atoms with Crippen LogP contribution in [0, 0.1) is 0 Å². The minimum absolute atomic E-state index is 0.282. The van der Waals surface area contributed by atoms with Crippen molar-refractivity contribution in [3.05, 3.63) is 64.7 Å². The second-order valence-electron chi connectivity index (χ2n) is 5.16. The van der Waals surface area contributed by atoms with Crippen LogP contribution >= 0.6 is 11.6 Å². The van der Waals surface area contributed by atoms with E-state index >= 15 is 0 Å². The second-order valence-corrected chi connectivity index (χ2v) is 5.57. The van der Waals surface area contributed by atoms with Crippen LogP contribution in [0.4, 0.5) is 0 Å². The van der Waals surface area contributed by atoms with Gasteiger partial charge in [0.2, 0.25) is 0 Å². The van der Waals surface area contributed by atoms with Crippen molar-refractivity contribution in [3.8, 4) is 5.75 Å². The van der Waals surface area contributed by atoms with E-state index in [1.807, 2.05) is 12.1 Å². The van der Waals surface area contributed by atoms with E-state index in [-0.39, 0.29) is 6.04 Å². The molecule has 0 radical (unpaired) electrons. The van der Waals surface area contributed by atoms with Crippen molar-refractivity contribution in [2.45, 2.75) is 25.8 Å². The number of halogens is 1. The molecule has 0 aliphatic heterocycles. The summed E-state index contributed by atoms with van der Waals surface area (Å²) < 4.78 is 5.17. The average Bonchev–Trinajstić information content (AvgIpc) is 2.52. The smallest absolute Gasteiger partial charge is 0.137 e. The maximum absolute atomic E-state index is 6.16. The predicted octanol–water partition coefficient (Wildman–Crippen LogP) is 4.63. The van der Waals surface area contributed by atoms with E-state index in [4.69, 9.17) is 16.3 Å². The third-order valence-electron chi connectivity index (χ3n) is 3.61. The highest BCUT2D eigenvalue weighted by molar-refractivity contribution is 6.32. The highest BCUT2D eigenvalue weighted by Gasteiger charge is 2.07. The molecule has 2 aromatic rings. The Balaban J connectivity index is 1.79. The highest BCUT2D eigenvalue weighted by Crippen LogP contribution is 2.27. The van der Waals surface area contributed by atoms with Crippen LogP contribution in [-0.2, 0) is 6.42 Å². The predicted molar refractivity (Wildman–Crippen MR) is 89.2 cm³/mol. The molecule has 1 N–H and O–H groups in total. The zero-order valence-electron chi connectivity index (χ0n) is 12.6. The summed E-state index contributed by atoms with van der Waals surface area (Å²) in [4.78, 5) is 0. The Bertz CT molecular complexity index is 556. The van der Waals surface area contributed by atoms with Crippen LogP contribution in [0.25, 0.3) is 0 Å². The average molecular weight is 304 g/mol. The summed E-state index contributed by atoms with van der Waals surface area (Å²) in [5, 5.41) is 4.19. The molecule has 3 heteroatoms. The number of nitrogens with one attached hydrogen (secondary N) is 1. The van der Waals surface area contributed by atoms with Gasteiger partial charge in [-0.25, -0.2) is 0 Å². The largest absolute Gasteiger partial charge is 0.495 e. The number of benzene rings is 2.